The van der Waals surface area contributed by atoms with E-state index in [0.717, 1.165) is 24.4 Å². The molecule has 1 saturated carbocycles. The average Bonchev–Trinajstić information content (AvgIpc) is 2.54. The lowest BCUT2D eigenvalue weighted by Crippen LogP contribution is -2.30. The van der Waals surface area contributed by atoms with Crippen LogP contribution in [0.25, 0.3) is 0 Å². The van der Waals surface area contributed by atoms with E-state index < -0.39 is 0 Å². The maximum Gasteiger partial charge on any atom is 0.138 e. The number of nitrogens with zero attached hydrogens (tertiary/aromatic N) is 1. The quantitative estimate of drug-likeness (QED) is 0.803. The Morgan fingerprint density at radius 1 is 1.24 bits per heavy atom. The van der Waals surface area contributed by atoms with Gasteiger partial charge in [0.25, 0.3) is 0 Å². The maximum absolute atomic E-state index is 6.20. The molecule has 0 spiro atoms. The highest BCUT2D eigenvalue weighted by Gasteiger charge is 2.25. The molecule has 1 aliphatic rings. The summed E-state index contributed by atoms with van der Waals surface area (Å²) >= 11 is 0. The summed E-state index contributed by atoms with van der Waals surface area (Å²) in [6.45, 7) is 7.57. The van der Waals surface area contributed by atoms with Gasteiger partial charge in [-0.15, -0.1) is 0 Å². The maximum atomic E-state index is 6.20. The Bertz CT molecular complexity index is 404. The van der Waals surface area contributed by atoms with Crippen molar-refractivity contribution in [1.29, 1.82) is 0 Å². The minimum absolute atomic E-state index is 0.349. The Labute approximate surface area is 129 Å². The van der Waals surface area contributed by atoms with Crippen LogP contribution < -0.4 is 10.1 Å². The zero-order valence-corrected chi connectivity index (χ0v) is 13.8. The predicted molar refractivity (Wildman–Crippen MR) is 87.6 cm³/mol. The summed E-state index contributed by atoms with van der Waals surface area (Å²) in [6, 6.07) is 4.54. The van der Waals surface area contributed by atoms with Gasteiger partial charge >= 0.3 is 0 Å². The van der Waals surface area contributed by atoms with Crippen LogP contribution in [0.2, 0.25) is 0 Å². The molecule has 2 rings (SSSR count). The van der Waals surface area contributed by atoms with Crippen molar-refractivity contribution >= 4 is 0 Å². The van der Waals surface area contributed by atoms with Gasteiger partial charge in [0.2, 0.25) is 0 Å². The first kappa shape index (κ1) is 16.3. The molecule has 3 heteroatoms. The molecule has 3 atom stereocenters. The standard InChI is InChI=1S/C18H30N2O/c1-4-14-9-7-8-10-18(14)21-15-11-12-17(20-13-15)16(5-2)19-6-3/h11-14,16,18-19H,4-10H2,1-3H3. The minimum Gasteiger partial charge on any atom is -0.489 e. The summed E-state index contributed by atoms with van der Waals surface area (Å²) in [7, 11) is 0. The summed E-state index contributed by atoms with van der Waals surface area (Å²) in [5.41, 5.74) is 1.11. The monoisotopic (exact) mass is 290 g/mol. The van der Waals surface area contributed by atoms with Gasteiger partial charge in [-0.05, 0) is 56.7 Å². The average molecular weight is 290 g/mol. The summed E-state index contributed by atoms with van der Waals surface area (Å²) in [5.74, 6) is 1.64. The predicted octanol–water partition coefficient (Wildman–Crippen LogP) is 4.49. The molecule has 0 amide bonds. The number of pyridine rings is 1. The molecule has 118 valence electrons. The highest BCUT2D eigenvalue weighted by Crippen LogP contribution is 2.30. The third-order valence-corrected chi connectivity index (χ3v) is 4.63. The van der Waals surface area contributed by atoms with Crippen molar-refractivity contribution < 1.29 is 4.74 Å². The molecule has 1 heterocycles. The second-order valence-electron chi connectivity index (χ2n) is 6.05. The van der Waals surface area contributed by atoms with Gasteiger partial charge in [0.05, 0.1) is 11.9 Å². The SMILES string of the molecule is CCNC(CC)c1ccc(OC2CCCCC2CC)cn1. The summed E-state index contributed by atoms with van der Waals surface area (Å²) in [6.07, 6.45) is 9.71. The molecule has 1 fully saturated rings. The highest BCUT2D eigenvalue weighted by atomic mass is 16.5. The highest BCUT2D eigenvalue weighted by molar-refractivity contribution is 5.22. The Balaban J connectivity index is 1.98. The topological polar surface area (TPSA) is 34.1 Å². The smallest absolute Gasteiger partial charge is 0.138 e. The number of rotatable bonds is 7. The molecule has 1 aliphatic carbocycles. The van der Waals surface area contributed by atoms with Crippen LogP contribution in [0, 0.1) is 5.92 Å². The Hall–Kier alpha value is -1.09. The second kappa shape index (κ2) is 8.38. The summed E-state index contributed by atoms with van der Waals surface area (Å²) in [4.78, 5) is 4.60. The molecular formula is C18H30N2O. The molecule has 1 N–H and O–H groups in total. The van der Waals surface area contributed by atoms with Crippen LogP contribution in [-0.2, 0) is 0 Å². The van der Waals surface area contributed by atoms with Crippen molar-refractivity contribution in [1.82, 2.24) is 10.3 Å². The van der Waals surface area contributed by atoms with E-state index in [1.54, 1.807) is 0 Å². The van der Waals surface area contributed by atoms with Gasteiger partial charge in [0.15, 0.2) is 0 Å². The van der Waals surface area contributed by atoms with Crippen LogP contribution in [-0.4, -0.2) is 17.6 Å². The van der Waals surface area contributed by atoms with Gasteiger partial charge in [0.1, 0.15) is 11.9 Å². The molecule has 0 aliphatic heterocycles. The lowest BCUT2D eigenvalue weighted by Gasteiger charge is -2.31. The van der Waals surface area contributed by atoms with Gasteiger partial charge in [0, 0.05) is 6.04 Å². The van der Waals surface area contributed by atoms with Gasteiger partial charge in [-0.3, -0.25) is 4.98 Å². The number of hydrogen-bond acceptors (Lipinski definition) is 3. The number of nitrogens with one attached hydrogen (secondary N) is 1. The Kier molecular flexibility index (Phi) is 6.50. The lowest BCUT2D eigenvalue weighted by molar-refractivity contribution is 0.0899. The van der Waals surface area contributed by atoms with Crippen LogP contribution in [0.4, 0.5) is 0 Å². The number of ether oxygens (including phenoxy) is 1. The summed E-state index contributed by atoms with van der Waals surface area (Å²) in [5, 5.41) is 3.46. The Morgan fingerprint density at radius 3 is 2.67 bits per heavy atom. The summed E-state index contributed by atoms with van der Waals surface area (Å²) < 4.78 is 6.20. The van der Waals surface area contributed by atoms with Gasteiger partial charge in [-0.2, -0.15) is 0 Å². The first-order chi connectivity index (χ1) is 10.3. The van der Waals surface area contributed by atoms with Crippen molar-refractivity contribution in [2.24, 2.45) is 5.92 Å². The molecule has 3 unspecified atom stereocenters. The van der Waals surface area contributed by atoms with Gasteiger partial charge in [-0.25, -0.2) is 0 Å². The molecule has 0 bridgehead atoms. The fraction of sp³-hybridized carbons (Fsp3) is 0.722. The van der Waals surface area contributed by atoms with Crippen LogP contribution >= 0.6 is 0 Å². The van der Waals surface area contributed by atoms with E-state index in [1.807, 2.05) is 6.20 Å². The van der Waals surface area contributed by atoms with Crippen molar-refractivity contribution in [3.63, 3.8) is 0 Å². The van der Waals surface area contributed by atoms with E-state index in [-0.39, 0.29) is 0 Å². The Morgan fingerprint density at radius 2 is 2.05 bits per heavy atom. The molecule has 1 aromatic rings. The van der Waals surface area contributed by atoms with E-state index in [9.17, 15) is 0 Å². The second-order valence-corrected chi connectivity index (χ2v) is 6.05. The van der Waals surface area contributed by atoms with Crippen LogP contribution in [0.3, 0.4) is 0 Å². The van der Waals surface area contributed by atoms with Crippen molar-refractivity contribution in [2.45, 2.75) is 71.4 Å². The molecule has 0 radical (unpaired) electrons. The molecule has 3 nitrogen and oxygen atoms in total. The van der Waals surface area contributed by atoms with Crippen molar-refractivity contribution in [3.05, 3.63) is 24.0 Å². The van der Waals surface area contributed by atoms with Crippen LogP contribution in [0.15, 0.2) is 18.3 Å². The first-order valence-electron chi connectivity index (χ1n) is 8.64. The van der Waals surface area contributed by atoms with Crippen molar-refractivity contribution in [2.75, 3.05) is 6.54 Å². The molecule has 0 saturated heterocycles. The van der Waals surface area contributed by atoms with Gasteiger partial charge in [-0.1, -0.05) is 27.2 Å². The zero-order valence-electron chi connectivity index (χ0n) is 13.8. The normalized spacial score (nSPS) is 23.8. The van der Waals surface area contributed by atoms with Gasteiger partial charge < -0.3 is 10.1 Å². The lowest BCUT2D eigenvalue weighted by atomic mass is 9.85. The third kappa shape index (κ3) is 4.44. The molecule has 21 heavy (non-hydrogen) atoms. The fourth-order valence-corrected chi connectivity index (χ4v) is 3.34. The molecule has 0 aromatic carbocycles. The minimum atomic E-state index is 0.349. The van der Waals surface area contributed by atoms with E-state index in [4.69, 9.17) is 4.74 Å². The molecular weight excluding hydrogens is 260 g/mol. The fourth-order valence-electron chi connectivity index (χ4n) is 3.34. The third-order valence-electron chi connectivity index (χ3n) is 4.63. The number of aromatic nitrogens is 1. The zero-order chi connectivity index (χ0) is 15.1. The van der Waals surface area contributed by atoms with Crippen molar-refractivity contribution in [3.8, 4) is 5.75 Å². The number of hydrogen-bond donors (Lipinski definition) is 1. The largest absolute Gasteiger partial charge is 0.489 e. The van der Waals surface area contributed by atoms with Crippen LogP contribution in [0.1, 0.15) is 71.0 Å². The van der Waals surface area contributed by atoms with Crippen LogP contribution in [0.5, 0.6) is 5.75 Å². The van der Waals surface area contributed by atoms with E-state index in [2.05, 4.69) is 43.2 Å². The van der Waals surface area contributed by atoms with E-state index in [1.165, 1.54) is 32.1 Å². The van der Waals surface area contributed by atoms with E-state index >= 15 is 0 Å². The van der Waals surface area contributed by atoms with E-state index in [0.29, 0.717) is 18.1 Å². The first-order valence-corrected chi connectivity index (χ1v) is 8.64. The molecule has 1 aromatic heterocycles.